The van der Waals surface area contributed by atoms with Crippen molar-refractivity contribution in [1.82, 2.24) is 19.9 Å². The maximum absolute atomic E-state index is 5.94. The van der Waals surface area contributed by atoms with E-state index in [2.05, 4.69) is 37.3 Å². The monoisotopic (exact) mass is 390 g/mol. The predicted molar refractivity (Wildman–Crippen MR) is 114 cm³/mol. The molecular formula is C22H26N6O. The van der Waals surface area contributed by atoms with E-state index in [0.29, 0.717) is 31.0 Å². The molecule has 29 heavy (non-hydrogen) atoms. The molecule has 2 heterocycles. The first-order chi connectivity index (χ1) is 14.2. The van der Waals surface area contributed by atoms with Gasteiger partial charge in [0.05, 0.1) is 13.2 Å². The Hall–Kier alpha value is -3.19. The van der Waals surface area contributed by atoms with Gasteiger partial charge in [0.2, 0.25) is 11.9 Å². The number of para-hydroxylation sites is 1. The van der Waals surface area contributed by atoms with Gasteiger partial charge in [0, 0.05) is 11.7 Å². The topological polar surface area (TPSA) is 89.2 Å². The number of anilines is 3. The molecule has 1 saturated heterocycles. The number of nitrogen functional groups attached to an aromatic ring is 1. The second-order valence-electron chi connectivity index (χ2n) is 7.06. The summed E-state index contributed by atoms with van der Waals surface area (Å²) in [5.41, 5.74) is 8.15. The average molecular weight is 390 g/mol. The Balaban J connectivity index is 1.49. The molecule has 1 aliphatic rings. The molecule has 0 aliphatic carbocycles. The first kappa shape index (κ1) is 19.1. The van der Waals surface area contributed by atoms with Gasteiger partial charge in [0.15, 0.2) is 0 Å². The van der Waals surface area contributed by atoms with Gasteiger partial charge < -0.3 is 15.8 Å². The molecule has 0 spiro atoms. The van der Waals surface area contributed by atoms with Crippen molar-refractivity contribution in [2.45, 2.75) is 32.4 Å². The number of aromatic nitrogens is 3. The number of likely N-dealkylation sites (tertiary alicyclic amines) is 1. The van der Waals surface area contributed by atoms with Crippen molar-refractivity contribution in [3.8, 4) is 5.75 Å². The molecule has 1 atom stereocenters. The van der Waals surface area contributed by atoms with Gasteiger partial charge in [-0.25, -0.2) is 0 Å². The molecule has 4 rings (SSSR count). The lowest BCUT2D eigenvalue weighted by Gasteiger charge is -2.24. The molecule has 1 aliphatic heterocycles. The number of nitrogens with one attached hydrogen (secondary N) is 1. The minimum atomic E-state index is 0.227. The van der Waals surface area contributed by atoms with E-state index < -0.39 is 0 Å². The number of ether oxygens (including phenoxy) is 1. The summed E-state index contributed by atoms with van der Waals surface area (Å²) in [6, 6.07) is 18.5. The lowest BCUT2D eigenvalue weighted by Crippen LogP contribution is -2.24. The molecule has 3 aromatic rings. The van der Waals surface area contributed by atoms with E-state index in [-0.39, 0.29) is 5.95 Å². The summed E-state index contributed by atoms with van der Waals surface area (Å²) in [6.07, 6.45) is 2.26. The summed E-state index contributed by atoms with van der Waals surface area (Å²) < 4.78 is 5.56. The number of hydrogen-bond donors (Lipinski definition) is 2. The fourth-order valence-electron chi connectivity index (χ4n) is 3.74. The molecule has 0 radical (unpaired) electrons. The SMILES string of the molecule is CCOc1ccc([C@H]2CCCN2Cc2nc(N)nc(Nc3ccccc3)n2)cc1. The molecule has 0 saturated carbocycles. The Labute approximate surface area is 171 Å². The van der Waals surface area contributed by atoms with Crippen LogP contribution in [0.25, 0.3) is 0 Å². The highest BCUT2D eigenvalue weighted by molar-refractivity contribution is 5.53. The van der Waals surface area contributed by atoms with Crippen molar-refractivity contribution in [3.05, 3.63) is 66.0 Å². The van der Waals surface area contributed by atoms with E-state index >= 15 is 0 Å². The van der Waals surface area contributed by atoms with Crippen LogP contribution in [0.1, 0.15) is 37.2 Å². The molecule has 0 amide bonds. The van der Waals surface area contributed by atoms with Crippen LogP contribution in [-0.4, -0.2) is 33.0 Å². The van der Waals surface area contributed by atoms with Gasteiger partial charge in [0.25, 0.3) is 0 Å². The van der Waals surface area contributed by atoms with E-state index in [9.17, 15) is 0 Å². The normalized spacial score (nSPS) is 16.7. The summed E-state index contributed by atoms with van der Waals surface area (Å²) in [5.74, 6) is 2.28. The lowest BCUT2D eigenvalue weighted by atomic mass is 10.0. The van der Waals surface area contributed by atoms with E-state index in [0.717, 1.165) is 30.8 Å². The van der Waals surface area contributed by atoms with Gasteiger partial charge in [-0.15, -0.1) is 0 Å². The Bertz CT molecular complexity index is 932. The van der Waals surface area contributed by atoms with Gasteiger partial charge in [0.1, 0.15) is 11.6 Å². The highest BCUT2D eigenvalue weighted by Gasteiger charge is 2.27. The van der Waals surface area contributed by atoms with E-state index in [1.54, 1.807) is 0 Å². The van der Waals surface area contributed by atoms with Gasteiger partial charge in [-0.05, 0) is 56.1 Å². The van der Waals surface area contributed by atoms with Gasteiger partial charge in [-0.1, -0.05) is 30.3 Å². The molecular weight excluding hydrogens is 364 g/mol. The lowest BCUT2D eigenvalue weighted by molar-refractivity contribution is 0.242. The summed E-state index contributed by atoms with van der Waals surface area (Å²) in [6.45, 7) is 4.31. The largest absolute Gasteiger partial charge is 0.494 e. The number of hydrogen-bond acceptors (Lipinski definition) is 7. The summed E-state index contributed by atoms with van der Waals surface area (Å²) in [7, 11) is 0. The third kappa shape index (κ3) is 4.81. The second kappa shape index (κ2) is 8.87. The van der Waals surface area contributed by atoms with Crippen LogP contribution in [0.4, 0.5) is 17.6 Å². The average Bonchev–Trinajstić information content (AvgIpc) is 3.17. The molecule has 1 fully saturated rings. The van der Waals surface area contributed by atoms with Crippen LogP contribution < -0.4 is 15.8 Å². The fourth-order valence-corrected chi connectivity index (χ4v) is 3.74. The summed E-state index contributed by atoms with van der Waals surface area (Å²) >= 11 is 0. The highest BCUT2D eigenvalue weighted by Crippen LogP contribution is 2.33. The van der Waals surface area contributed by atoms with Gasteiger partial charge in [-0.3, -0.25) is 4.90 Å². The second-order valence-corrected chi connectivity index (χ2v) is 7.06. The Morgan fingerprint density at radius 3 is 2.62 bits per heavy atom. The van der Waals surface area contributed by atoms with Gasteiger partial charge >= 0.3 is 0 Å². The van der Waals surface area contributed by atoms with Crippen LogP contribution in [0, 0.1) is 0 Å². The zero-order valence-electron chi connectivity index (χ0n) is 16.6. The van der Waals surface area contributed by atoms with Crippen molar-refractivity contribution in [3.63, 3.8) is 0 Å². The maximum atomic E-state index is 5.94. The van der Waals surface area contributed by atoms with Crippen molar-refractivity contribution in [2.24, 2.45) is 0 Å². The first-order valence-electron chi connectivity index (χ1n) is 10.0. The minimum absolute atomic E-state index is 0.227. The molecule has 7 heteroatoms. The number of rotatable bonds is 7. The predicted octanol–water partition coefficient (Wildman–Crippen LogP) is 3.93. The van der Waals surface area contributed by atoms with Crippen molar-refractivity contribution >= 4 is 17.6 Å². The molecule has 0 unspecified atom stereocenters. The van der Waals surface area contributed by atoms with Crippen LogP contribution in [0.15, 0.2) is 54.6 Å². The number of benzene rings is 2. The molecule has 150 valence electrons. The smallest absolute Gasteiger partial charge is 0.232 e. The Kier molecular flexibility index (Phi) is 5.86. The summed E-state index contributed by atoms with van der Waals surface area (Å²) in [4.78, 5) is 15.6. The van der Waals surface area contributed by atoms with Crippen LogP contribution >= 0.6 is 0 Å². The number of nitrogens with two attached hydrogens (primary N) is 1. The summed E-state index contributed by atoms with van der Waals surface area (Å²) in [5, 5.41) is 3.20. The fraction of sp³-hybridized carbons (Fsp3) is 0.318. The van der Waals surface area contributed by atoms with Crippen LogP contribution in [0.3, 0.4) is 0 Å². The van der Waals surface area contributed by atoms with E-state index in [4.69, 9.17) is 10.5 Å². The van der Waals surface area contributed by atoms with Crippen LogP contribution in [-0.2, 0) is 6.54 Å². The standard InChI is InChI=1S/C22H26N6O/c1-2-29-18-12-10-16(11-13-18)19-9-6-14-28(19)15-20-25-21(23)27-22(26-20)24-17-7-4-3-5-8-17/h3-5,7-8,10-13,19H,2,6,9,14-15H2,1H3,(H3,23,24,25,26,27)/t19-/m1/s1. The quantitative estimate of drug-likeness (QED) is 0.632. The third-order valence-electron chi connectivity index (χ3n) is 5.01. The molecule has 0 bridgehead atoms. The van der Waals surface area contributed by atoms with Crippen LogP contribution in [0.2, 0.25) is 0 Å². The molecule has 7 nitrogen and oxygen atoms in total. The van der Waals surface area contributed by atoms with Crippen LogP contribution in [0.5, 0.6) is 5.75 Å². The molecule has 2 aromatic carbocycles. The molecule has 1 aromatic heterocycles. The minimum Gasteiger partial charge on any atom is -0.494 e. The maximum Gasteiger partial charge on any atom is 0.232 e. The third-order valence-corrected chi connectivity index (χ3v) is 5.01. The van der Waals surface area contributed by atoms with E-state index in [1.165, 1.54) is 5.56 Å². The first-order valence-corrected chi connectivity index (χ1v) is 10.0. The van der Waals surface area contributed by atoms with Crippen molar-refractivity contribution < 1.29 is 4.74 Å². The van der Waals surface area contributed by atoms with Gasteiger partial charge in [-0.2, -0.15) is 15.0 Å². The highest BCUT2D eigenvalue weighted by atomic mass is 16.5. The zero-order valence-corrected chi connectivity index (χ0v) is 16.6. The Morgan fingerprint density at radius 2 is 1.86 bits per heavy atom. The number of nitrogens with zero attached hydrogens (tertiary/aromatic N) is 4. The Morgan fingerprint density at radius 1 is 1.07 bits per heavy atom. The molecule has 3 N–H and O–H groups in total. The van der Waals surface area contributed by atoms with Crippen molar-refractivity contribution in [2.75, 3.05) is 24.2 Å². The van der Waals surface area contributed by atoms with Crippen molar-refractivity contribution in [1.29, 1.82) is 0 Å². The van der Waals surface area contributed by atoms with E-state index in [1.807, 2.05) is 49.4 Å². The zero-order chi connectivity index (χ0) is 20.1.